The standard InChI is InChI=1S/C20H29N3O2/c1-20(2,3)17-8-4-5-9-18(17)25-15-16(24)14-21-12-13-23-19-10-6-7-11-22-19/h4-11,16,21,24H,12-15H2,1-3H3,(H,22,23)/t16-/m0/s1. The van der Waals surface area contributed by atoms with Gasteiger partial charge in [0.2, 0.25) is 0 Å². The van der Waals surface area contributed by atoms with Crippen LogP contribution < -0.4 is 15.4 Å². The molecule has 1 heterocycles. The van der Waals surface area contributed by atoms with Crippen molar-refractivity contribution in [2.75, 3.05) is 31.6 Å². The smallest absolute Gasteiger partial charge is 0.125 e. The zero-order chi connectivity index (χ0) is 18.1. The van der Waals surface area contributed by atoms with Crippen LogP contribution in [0.4, 0.5) is 5.82 Å². The highest BCUT2D eigenvalue weighted by Gasteiger charge is 2.18. The first-order chi connectivity index (χ1) is 12.0. The van der Waals surface area contributed by atoms with Crippen molar-refractivity contribution < 1.29 is 9.84 Å². The molecule has 0 unspecified atom stereocenters. The van der Waals surface area contributed by atoms with Crippen LogP contribution in [-0.4, -0.2) is 42.4 Å². The van der Waals surface area contributed by atoms with Gasteiger partial charge in [0.25, 0.3) is 0 Å². The molecule has 25 heavy (non-hydrogen) atoms. The van der Waals surface area contributed by atoms with Crippen molar-refractivity contribution in [2.45, 2.75) is 32.3 Å². The second-order valence-electron chi connectivity index (χ2n) is 7.06. The van der Waals surface area contributed by atoms with E-state index in [0.717, 1.165) is 30.2 Å². The number of nitrogens with one attached hydrogen (secondary N) is 2. The van der Waals surface area contributed by atoms with Crippen molar-refractivity contribution in [2.24, 2.45) is 0 Å². The van der Waals surface area contributed by atoms with Crippen molar-refractivity contribution in [3.63, 3.8) is 0 Å². The topological polar surface area (TPSA) is 66.4 Å². The Bertz CT molecular complexity index is 626. The van der Waals surface area contributed by atoms with Crippen molar-refractivity contribution in [3.8, 4) is 5.75 Å². The van der Waals surface area contributed by atoms with Gasteiger partial charge < -0.3 is 20.5 Å². The van der Waals surface area contributed by atoms with Crippen LogP contribution >= 0.6 is 0 Å². The number of hydrogen-bond acceptors (Lipinski definition) is 5. The number of rotatable bonds is 9. The predicted octanol–water partition coefficient (Wildman–Crippen LogP) is 2.82. The molecule has 0 saturated carbocycles. The zero-order valence-electron chi connectivity index (χ0n) is 15.3. The lowest BCUT2D eigenvalue weighted by Gasteiger charge is -2.23. The molecule has 1 aromatic carbocycles. The second kappa shape index (κ2) is 9.39. The summed E-state index contributed by atoms with van der Waals surface area (Å²) in [4.78, 5) is 4.19. The minimum absolute atomic E-state index is 0.0109. The average Bonchev–Trinajstić information content (AvgIpc) is 2.60. The number of benzene rings is 1. The van der Waals surface area contributed by atoms with Gasteiger partial charge in [0, 0.05) is 25.8 Å². The number of aromatic nitrogens is 1. The predicted molar refractivity (Wildman–Crippen MR) is 102 cm³/mol. The monoisotopic (exact) mass is 343 g/mol. The molecule has 0 amide bonds. The summed E-state index contributed by atoms with van der Waals surface area (Å²) in [5.41, 5.74) is 1.16. The third-order valence-electron chi connectivity index (χ3n) is 3.78. The molecular weight excluding hydrogens is 314 g/mol. The maximum Gasteiger partial charge on any atom is 0.125 e. The molecule has 1 atom stereocenters. The molecule has 136 valence electrons. The van der Waals surface area contributed by atoms with Crippen LogP contribution in [0.2, 0.25) is 0 Å². The van der Waals surface area contributed by atoms with Gasteiger partial charge in [0.15, 0.2) is 0 Å². The highest BCUT2D eigenvalue weighted by molar-refractivity contribution is 5.38. The number of aliphatic hydroxyl groups is 1. The Balaban J connectivity index is 1.67. The van der Waals surface area contributed by atoms with Crippen molar-refractivity contribution >= 4 is 5.82 Å². The van der Waals surface area contributed by atoms with Gasteiger partial charge in [0.1, 0.15) is 24.3 Å². The fourth-order valence-corrected chi connectivity index (χ4v) is 2.47. The summed E-state index contributed by atoms with van der Waals surface area (Å²) < 4.78 is 5.84. The summed E-state index contributed by atoms with van der Waals surface area (Å²) in [5, 5.41) is 16.5. The summed E-state index contributed by atoms with van der Waals surface area (Å²) >= 11 is 0. The largest absolute Gasteiger partial charge is 0.491 e. The van der Waals surface area contributed by atoms with Crippen LogP contribution in [-0.2, 0) is 5.41 Å². The Hall–Kier alpha value is -2.11. The molecule has 0 fully saturated rings. The van der Waals surface area contributed by atoms with Crippen LogP contribution in [0.1, 0.15) is 26.3 Å². The third kappa shape index (κ3) is 6.72. The third-order valence-corrected chi connectivity index (χ3v) is 3.78. The maximum absolute atomic E-state index is 10.1. The van der Waals surface area contributed by atoms with E-state index in [2.05, 4.69) is 42.5 Å². The van der Waals surface area contributed by atoms with E-state index in [0.29, 0.717) is 6.54 Å². The van der Waals surface area contributed by atoms with Crippen LogP contribution in [0, 0.1) is 0 Å². The molecule has 5 nitrogen and oxygen atoms in total. The lowest BCUT2D eigenvalue weighted by atomic mass is 9.86. The van der Waals surface area contributed by atoms with E-state index < -0.39 is 6.10 Å². The number of aliphatic hydroxyl groups excluding tert-OH is 1. The molecule has 3 N–H and O–H groups in total. The van der Waals surface area contributed by atoms with Gasteiger partial charge >= 0.3 is 0 Å². The number of hydrogen-bond donors (Lipinski definition) is 3. The Morgan fingerprint density at radius 2 is 1.84 bits per heavy atom. The first kappa shape index (κ1) is 19.2. The van der Waals surface area contributed by atoms with Crippen LogP contribution in [0.15, 0.2) is 48.7 Å². The number of para-hydroxylation sites is 1. The molecule has 0 aliphatic carbocycles. The van der Waals surface area contributed by atoms with E-state index in [9.17, 15) is 5.11 Å². The number of nitrogens with zero attached hydrogens (tertiary/aromatic N) is 1. The molecule has 2 rings (SSSR count). The van der Waals surface area contributed by atoms with Crippen LogP contribution in [0.3, 0.4) is 0 Å². The molecule has 2 aromatic rings. The van der Waals surface area contributed by atoms with E-state index in [1.807, 2.05) is 36.4 Å². The zero-order valence-corrected chi connectivity index (χ0v) is 15.3. The Labute approximate surface area is 150 Å². The SMILES string of the molecule is CC(C)(C)c1ccccc1OC[C@@H](O)CNCCNc1ccccn1. The van der Waals surface area contributed by atoms with E-state index in [-0.39, 0.29) is 12.0 Å². The van der Waals surface area contributed by atoms with Gasteiger partial charge in [-0.2, -0.15) is 0 Å². The average molecular weight is 343 g/mol. The summed E-state index contributed by atoms with van der Waals surface area (Å²) in [5.74, 6) is 1.69. The fourth-order valence-electron chi connectivity index (χ4n) is 2.47. The molecular formula is C20H29N3O2. The van der Waals surface area contributed by atoms with Crippen molar-refractivity contribution in [1.82, 2.24) is 10.3 Å². The number of pyridine rings is 1. The van der Waals surface area contributed by atoms with Gasteiger partial charge in [-0.05, 0) is 29.2 Å². The molecule has 0 saturated heterocycles. The Kier molecular flexibility index (Phi) is 7.22. The van der Waals surface area contributed by atoms with Gasteiger partial charge in [-0.3, -0.25) is 0 Å². The summed E-state index contributed by atoms with van der Waals surface area (Å²) in [7, 11) is 0. The molecule has 0 spiro atoms. The van der Waals surface area contributed by atoms with E-state index in [1.54, 1.807) is 6.20 Å². The minimum atomic E-state index is -0.553. The van der Waals surface area contributed by atoms with Gasteiger partial charge in [-0.25, -0.2) is 4.98 Å². The summed E-state index contributed by atoms with van der Waals surface area (Å²) in [6, 6.07) is 13.8. The number of ether oxygens (including phenoxy) is 1. The van der Waals surface area contributed by atoms with Gasteiger partial charge in [-0.15, -0.1) is 0 Å². The van der Waals surface area contributed by atoms with Crippen LogP contribution in [0.5, 0.6) is 5.75 Å². The van der Waals surface area contributed by atoms with Crippen molar-refractivity contribution in [3.05, 3.63) is 54.2 Å². The minimum Gasteiger partial charge on any atom is -0.491 e. The van der Waals surface area contributed by atoms with Gasteiger partial charge in [-0.1, -0.05) is 45.0 Å². The van der Waals surface area contributed by atoms with Crippen LogP contribution in [0.25, 0.3) is 0 Å². The maximum atomic E-state index is 10.1. The highest BCUT2D eigenvalue weighted by Crippen LogP contribution is 2.30. The second-order valence-corrected chi connectivity index (χ2v) is 7.06. The molecule has 0 radical (unpaired) electrons. The lowest BCUT2D eigenvalue weighted by Crippen LogP contribution is -2.34. The summed E-state index contributed by atoms with van der Waals surface area (Å²) in [6.07, 6.45) is 1.20. The molecule has 5 heteroatoms. The molecule has 0 aliphatic heterocycles. The first-order valence-corrected chi connectivity index (χ1v) is 8.73. The Morgan fingerprint density at radius 3 is 2.56 bits per heavy atom. The normalized spacial score (nSPS) is 12.6. The highest BCUT2D eigenvalue weighted by atomic mass is 16.5. The molecule has 0 bridgehead atoms. The first-order valence-electron chi connectivity index (χ1n) is 8.73. The lowest BCUT2D eigenvalue weighted by molar-refractivity contribution is 0.106. The Morgan fingerprint density at radius 1 is 1.08 bits per heavy atom. The van der Waals surface area contributed by atoms with E-state index >= 15 is 0 Å². The van der Waals surface area contributed by atoms with E-state index in [4.69, 9.17) is 4.74 Å². The summed E-state index contributed by atoms with van der Waals surface area (Å²) in [6.45, 7) is 8.71. The number of anilines is 1. The quantitative estimate of drug-likeness (QED) is 0.611. The fraction of sp³-hybridized carbons (Fsp3) is 0.450. The van der Waals surface area contributed by atoms with E-state index in [1.165, 1.54) is 0 Å². The van der Waals surface area contributed by atoms with Gasteiger partial charge in [0.05, 0.1) is 0 Å². The molecule has 0 aliphatic rings. The molecule has 1 aromatic heterocycles. The van der Waals surface area contributed by atoms with Crippen molar-refractivity contribution in [1.29, 1.82) is 0 Å².